The highest BCUT2D eigenvalue weighted by molar-refractivity contribution is 14.1. The summed E-state index contributed by atoms with van der Waals surface area (Å²) in [5.41, 5.74) is 1.64. The summed E-state index contributed by atoms with van der Waals surface area (Å²) < 4.78 is 17.0. The minimum Gasteiger partial charge on any atom is -0.484 e. The van der Waals surface area contributed by atoms with Crippen LogP contribution in [0, 0.1) is 3.57 Å². The molecule has 0 saturated heterocycles. The van der Waals surface area contributed by atoms with E-state index in [9.17, 15) is 4.79 Å². The molecule has 0 aliphatic heterocycles. The van der Waals surface area contributed by atoms with Crippen molar-refractivity contribution >= 4 is 39.7 Å². The zero-order valence-electron chi connectivity index (χ0n) is 11.7. The minimum atomic E-state index is -0.401. The Hall–Kier alpha value is -2.09. The van der Waals surface area contributed by atoms with Crippen LogP contribution in [0.25, 0.3) is 11.1 Å². The normalized spacial score (nSPS) is 10.6. The number of carbonyl (C=O) groups is 1. The number of nitrogens with zero attached hydrogens (tertiary/aromatic N) is 1. The van der Waals surface area contributed by atoms with Crippen LogP contribution in [0.3, 0.4) is 0 Å². The summed E-state index contributed by atoms with van der Waals surface area (Å²) in [5.74, 6) is 0.801. The Morgan fingerprint density at radius 2 is 2.00 bits per heavy atom. The number of carbonyl (C=O) groups excluding carboxylic acids is 1. The molecule has 0 atom stereocenters. The maximum Gasteiger partial charge on any atom is 0.337 e. The predicted octanol–water partition coefficient (Wildman–Crippen LogP) is 3.80. The molecule has 0 unspecified atom stereocenters. The number of hydrogen-bond donors (Lipinski definition) is 0. The molecule has 0 bridgehead atoms. The van der Waals surface area contributed by atoms with E-state index in [1.54, 1.807) is 18.2 Å². The minimum absolute atomic E-state index is 0.225. The Labute approximate surface area is 140 Å². The van der Waals surface area contributed by atoms with Gasteiger partial charge in [0.05, 0.1) is 12.7 Å². The summed E-state index contributed by atoms with van der Waals surface area (Å²) in [6.45, 7) is 0.225. The van der Waals surface area contributed by atoms with Crippen molar-refractivity contribution in [3.63, 3.8) is 0 Å². The van der Waals surface area contributed by atoms with Gasteiger partial charge in [-0.15, -0.1) is 0 Å². The van der Waals surface area contributed by atoms with E-state index in [0.29, 0.717) is 22.6 Å². The van der Waals surface area contributed by atoms with Crippen molar-refractivity contribution in [3.8, 4) is 5.75 Å². The first kappa shape index (κ1) is 14.8. The molecule has 3 aromatic rings. The first-order valence-corrected chi connectivity index (χ1v) is 7.60. The third-order valence-electron chi connectivity index (χ3n) is 3.03. The fourth-order valence-electron chi connectivity index (χ4n) is 1.96. The molecule has 0 amide bonds. The molecule has 0 spiro atoms. The molecule has 6 heteroatoms. The van der Waals surface area contributed by atoms with E-state index in [1.807, 2.05) is 24.3 Å². The lowest BCUT2D eigenvalue weighted by molar-refractivity contribution is 0.0601. The number of fused-ring (bicyclic) bond motifs is 1. The molecular weight excluding hydrogens is 397 g/mol. The molecule has 1 heterocycles. The van der Waals surface area contributed by atoms with E-state index in [2.05, 4.69) is 32.3 Å². The molecule has 22 heavy (non-hydrogen) atoms. The summed E-state index contributed by atoms with van der Waals surface area (Å²) >= 11 is 2.23. The highest BCUT2D eigenvalue weighted by Crippen LogP contribution is 2.20. The van der Waals surface area contributed by atoms with E-state index in [4.69, 9.17) is 9.15 Å². The van der Waals surface area contributed by atoms with Gasteiger partial charge in [-0.25, -0.2) is 9.78 Å². The van der Waals surface area contributed by atoms with Crippen molar-refractivity contribution in [1.82, 2.24) is 4.98 Å². The zero-order valence-corrected chi connectivity index (χ0v) is 13.9. The van der Waals surface area contributed by atoms with Gasteiger partial charge < -0.3 is 13.9 Å². The van der Waals surface area contributed by atoms with Crippen LogP contribution in [-0.2, 0) is 11.3 Å². The number of ether oxygens (including phenoxy) is 2. The lowest BCUT2D eigenvalue weighted by atomic mass is 10.2. The largest absolute Gasteiger partial charge is 0.484 e. The Kier molecular flexibility index (Phi) is 4.28. The number of aromatic nitrogens is 1. The van der Waals surface area contributed by atoms with Crippen molar-refractivity contribution in [3.05, 3.63) is 57.5 Å². The number of esters is 1. The average molecular weight is 409 g/mol. The molecule has 5 nitrogen and oxygen atoms in total. The van der Waals surface area contributed by atoms with Crippen LogP contribution >= 0.6 is 22.6 Å². The first-order chi connectivity index (χ1) is 10.7. The number of hydrogen-bond acceptors (Lipinski definition) is 5. The molecule has 112 valence electrons. The van der Waals surface area contributed by atoms with Gasteiger partial charge in [0.15, 0.2) is 12.2 Å². The molecule has 0 aliphatic rings. The third kappa shape index (κ3) is 3.22. The SMILES string of the molecule is COC(=O)c1ccc2oc(COc3ccc(I)cc3)nc2c1. The van der Waals surface area contributed by atoms with Crippen molar-refractivity contribution in [2.24, 2.45) is 0 Å². The van der Waals surface area contributed by atoms with Crippen molar-refractivity contribution in [1.29, 1.82) is 0 Å². The Morgan fingerprint density at radius 1 is 1.23 bits per heavy atom. The Balaban J connectivity index is 1.77. The standard InChI is InChI=1S/C16H12INO4/c1-20-16(19)10-2-7-14-13(8-10)18-15(22-14)9-21-12-5-3-11(17)4-6-12/h2-8H,9H2,1H3. The lowest BCUT2D eigenvalue weighted by Crippen LogP contribution is -2.00. The predicted molar refractivity (Wildman–Crippen MR) is 88.8 cm³/mol. The number of halogens is 1. The van der Waals surface area contributed by atoms with Gasteiger partial charge in [0, 0.05) is 3.57 Å². The molecule has 0 saturated carbocycles. The Bertz CT molecular complexity index is 811. The second kappa shape index (κ2) is 6.35. The monoisotopic (exact) mass is 409 g/mol. The van der Waals surface area contributed by atoms with Gasteiger partial charge in [-0.2, -0.15) is 0 Å². The number of benzene rings is 2. The fraction of sp³-hybridized carbons (Fsp3) is 0.125. The quantitative estimate of drug-likeness (QED) is 0.485. The van der Waals surface area contributed by atoms with Gasteiger partial charge in [0.2, 0.25) is 5.89 Å². The molecule has 1 aromatic heterocycles. The maximum atomic E-state index is 11.5. The topological polar surface area (TPSA) is 61.6 Å². The van der Waals surface area contributed by atoms with Gasteiger partial charge in [-0.1, -0.05) is 0 Å². The second-order valence-corrected chi connectivity index (χ2v) is 5.77. The van der Waals surface area contributed by atoms with Crippen LogP contribution < -0.4 is 4.74 Å². The fourth-order valence-corrected chi connectivity index (χ4v) is 2.32. The lowest BCUT2D eigenvalue weighted by Gasteiger charge is -2.02. The van der Waals surface area contributed by atoms with Crippen LogP contribution in [0.2, 0.25) is 0 Å². The van der Waals surface area contributed by atoms with Crippen LogP contribution in [0.15, 0.2) is 46.9 Å². The van der Waals surface area contributed by atoms with Gasteiger partial charge in [-0.3, -0.25) is 0 Å². The van der Waals surface area contributed by atoms with E-state index in [-0.39, 0.29) is 6.61 Å². The smallest absolute Gasteiger partial charge is 0.337 e. The molecular formula is C16H12INO4. The third-order valence-corrected chi connectivity index (χ3v) is 3.75. The zero-order chi connectivity index (χ0) is 15.5. The van der Waals surface area contributed by atoms with Crippen LogP contribution in [0.1, 0.15) is 16.2 Å². The van der Waals surface area contributed by atoms with Crippen LogP contribution in [0.5, 0.6) is 5.75 Å². The highest BCUT2D eigenvalue weighted by atomic mass is 127. The highest BCUT2D eigenvalue weighted by Gasteiger charge is 2.11. The van der Waals surface area contributed by atoms with E-state index in [1.165, 1.54) is 7.11 Å². The molecule has 0 radical (unpaired) electrons. The maximum absolute atomic E-state index is 11.5. The summed E-state index contributed by atoms with van der Waals surface area (Å²) in [4.78, 5) is 15.8. The summed E-state index contributed by atoms with van der Waals surface area (Å²) in [7, 11) is 1.34. The van der Waals surface area contributed by atoms with Gasteiger partial charge in [0.1, 0.15) is 11.3 Å². The number of oxazole rings is 1. The molecule has 0 fully saturated rings. The van der Waals surface area contributed by atoms with Crippen molar-refractivity contribution in [2.45, 2.75) is 6.61 Å². The summed E-state index contributed by atoms with van der Waals surface area (Å²) in [5, 5.41) is 0. The molecule has 0 N–H and O–H groups in total. The van der Waals surface area contributed by atoms with E-state index in [0.717, 1.165) is 9.32 Å². The Morgan fingerprint density at radius 3 is 2.73 bits per heavy atom. The molecule has 2 aromatic carbocycles. The van der Waals surface area contributed by atoms with E-state index >= 15 is 0 Å². The number of rotatable bonds is 4. The number of methoxy groups -OCH3 is 1. The molecule has 0 aliphatic carbocycles. The van der Waals surface area contributed by atoms with Crippen LogP contribution in [-0.4, -0.2) is 18.1 Å². The van der Waals surface area contributed by atoms with Gasteiger partial charge in [-0.05, 0) is 65.1 Å². The van der Waals surface area contributed by atoms with Crippen molar-refractivity contribution < 1.29 is 18.7 Å². The van der Waals surface area contributed by atoms with E-state index < -0.39 is 5.97 Å². The first-order valence-electron chi connectivity index (χ1n) is 6.52. The van der Waals surface area contributed by atoms with Gasteiger partial charge >= 0.3 is 5.97 Å². The summed E-state index contributed by atoms with van der Waals surface area (Å²) in [6.07, 6.45) is 0. The van der Waals surface area contributed by atoms with Crippen LogP contribution in [0.4, 0.5) is 0 Å². The summed E-state index contributed by atoms with van der Waals surface area (Å²) in [6, 6.07) is 12.7. The second-order valence-electron chi connectivity index (χ2n) is 4.52. The molecule has 3 rings (SSSR count). The average Bonchev–Trinajstić information content (AvgIpc) is 2.95. The van der Waals surface area contributed by atoms with Gasteiger partial charge in [0.25, 0.3) is 0 Å². The van der Waals surface area contributed by atoms with Crippen molar-refractivity contribution in [2.75, 3.05) is 7.11 Å².